The van der Waals surface area contributed by atoms with Crippen molar-refractivity contribution in [1.29, 1.82) is 0 Å². The lowest BCUT2D eigenvalue weighted by Gasteiger charge is -2.13. The van der Waals surface area contributed by atoms with Crippen LogP contribution in [-0.4, -0.2) is 0 Å². The Hall–Kier alpha value is -1.95. The molecule has 7 heteroatoms. The van der Waals surface area contributed by atoms with Crippen molar-refractivity contribution < 1.29 is 17.6 Å². The lowest BCUT2D eigenvalue weighted by Crippen LogP contribution is -2.07. The molecule has 2 nitrogen and oxygen atoms in total. The number of hydrogen-bond acceptors (Lipinski definition) is 2. The van der Waals surface area contributed by atoms with Crippen molar-refractivity contribution in [2.75, 3.05) is 11.1 Å². The largest absolute Gasteiger partial charge is 0.416 e. The summed E-state index contributed by atoms with van der Waals surface area (Å²) in [6.45, 7) is 0. The molecule has 0 spiro atoms. The van der Waals surface area contributed by atoms with Gasteiger partial charge in [0.15, 0.2) is 0 Å². The first-order chi connectivity index (χ1) is 9.27. The van der Waals surface area contributed by atoms with E-state index in [2.05, 4.69) is 5.32 Å². The van der Waals surface area contributed by atoms with Crippen molar-refractivity contribution in [2.24, 2.45) is 0 Å². The number of benzene rings is 2. The van der Waals surface area contributed by atoms with Crippen LogP contribution >= 0.6 is 11.6 Å². The minimum Gasteiger partial charge on any atom is -0.397 e. The molecule has 0 saturated heterocycles. The maximum atomic E-state index is 13.5. The summed E-state index contributed by atoms with van der Waals surface area (Å²) in [5.41, 5.74) is 4.73. The molecular weight excluding hydrogens is 296 g/mol. The summed E-state index contributed by atoms with van der Waals surface area (Å²) in [4.78, 5) is 0. The summed E-state index contributed by atoms with van der Waals surface area (Å²) in [5, 5.41) is 2.90. The Morgan fingerprint density at radius 2 is 1.70 bits per heavy atom. The molecule has 0 aliphatic rings. The Bertz CT molecular complexity index is 641. The third kappa shape index (κ3) is 3.14. The molecule has 0 heterocycles. The first-order valence-corrected chi connectivity index (χ1v) is 5.84. The SMILES string of the molecule is Nc1cc(C(F)(F)F)ccc1Nc1cc(Cl)ccc1F. The quantitative estimate of drug-likeness (QED) is 0.616. The number of nitrogen functional groups attached to an aromatic ring is 1. The van der Waals surface area contributed by atoms with Crippen molar-refractivity contribution >= 4 is 28.7 Å². The van der Waals surface area contributed by atoms with Gasteiger partial charge in [-0.2, -0.15) is 13.2 Å². The molecule has 0 aliphatic carbocycles. The van der Waals surface area contributed by atoms with Gasteiger partial charge < -0.3 is 11.1 Å². The number of hydrogen-bond donors (Lipinski definition) is 2. The van der Waals surface area contributed by atoms with Crippen molar-refractivity contribution in [3.05, 3.63) is 52.8 Å². The average molecular weight is 305 g/mol. The van der Waals surface area contributed by atoms with Gasteiger partial charge in [0.25, 0.3) is 0 Å². The van der Waals surface area contributed by atoms with Gasteiger partial charge in [0.2, 0.25) is 0 Å². The average Bonchev–Trinajstić information content (AvgIpc) is 2.35. The molecule has 0 aromatic heterocycles. The van der Waals surface area contributed by atoms with Crippen LogP contribution in [0, 0.1) is 5.82 Å². The topological polar surface area (TPSA) is 38.0 Å². The molecule has 106 valence electrons. The van der Waals surface area contributed by atoms with Crippen molar-refractivity contribution in [1.82, 2.24) is 0 Å². The summed E-state index contributed by atoms with van der Waals surface area (Å²) in [7, 11) is 0. The maximum Gasteiger partial charge on any atom is 0.416 e. The highest BCUT2D eigenvalue weighted by Gasteiger charge is 2.30. The Labute approximate surface area is 117 Å². The van der Waals surface area contributed by atoms with Gasteiger partial charge in [-0.1, -0.05) is 11.6 Å². The van der Waals surface area contributed by atoms with Crippen molar-refractivity contribution in [3.63, 3.8) is 0 Å². The number of rotatable bonds is 2. The van der Waals surface area contributed by atoms with E-state index in [1.54, 1.807) is 0 Å². The monoisotopic (exact) mass is 304 g/mol. The van der Waals surface area contributed by atoms with E-state index in [9.17, 15) is 17.6 Å². The summed E-state index contributed by atoms with van der Waals surface area (Å²) < 4.78 is 51.0. The molecule has 0 atom stereocenters. The Morgan fingerprint density at radius 3 is 2.30 bits per heavy atom. The van der Waals surface area contributed by atoms with Crippen molar-refractivity contribution in [2.45, 2.75) is 6.18 Å². The predicted molar refractivity (Wildman–Crippen MR) is 70.5 cm³/mol. The van der Waals surface area contributed by atoms with Gasteiger partial charge in [-0.05, 0) is 36.4 Å². The standard InChI is InChI=1S/C13H9ClF4N2/c14-8-2-3-9(15)12(6-8)20-11-4-1-7(5-10(11)19)13(16,17)18/h1-6,20H,19H2. The molecular formula is C13H9ClF4N2. The van der Waals surface area contributed by atoms with E-state index in [0.717, 1.165) is 24.3 Å². The highest BCUT2D eigenvalue weighted by atomic mass is 35.5. The smallest absolute Gasteiger partial charge is 0.397 e. The van der Waals surface area contributed by atoms with E-state index >= 15 is 0 Å². The first kappa shape index (κ1) is 14.5. The molecule has 2 aromatic rings. The van der Waals surface area contributed by atoms with Gasteiger partial charge in [-0.25, -0.2) is 4.39 Å². The van der Waals surface area contributed by atoms with Crippen LogP contribution in [0.4, 0.5) is 34.6 Å². The van der Waals surface area contributed by atoms with Crippen LogP contribution < -0.4 is 11.1 Å². The number of anilines is 3. The highest BCUT2D eigenvalue weighted by Crippen LogP contribution is 2.34. The fourth-order valence-corrected chi connectivity index (χ4v) is 1.76. The molecule has 0 bridgehead atoms. The van der Waals surface area contributed by atoms with E-state index in [4.69, 9.17) is 17.3 Å². The molecule has 0 amide bonds. The summed E-state index contributed by atoms with van der Waals surface area (Å²) >= 11 is 5.72. The van der Waals surface area contributed by atoms with Crippen LogP contribution in [0.15, 0.2) is 36.4 Å². The molecule has 0 aliphatic heterocycles. The minimum atomic E-state index is -4.48. The van der Waals surface area contributed by atoms with Crippen molar-refractivity contribution in [3.8, 4) is 0 Å². The zero-order chi connectivity index (χ0) is 14.9. The normalized spacial score (nSPS) is 11.4. The number of halogens is 5. The van der Waals surface area contributed by atoms with Gasteiger partial charge in [-0.3, -0.25) is 0 Å². The lowest BCUT2D eigenvalue weighted by molar-refractivity contribution is -0.137. The van der Waals surface area contributed by atoms with E-state index in [0.29, 0.717) is 5.02 Å². The Balaban J connectivity index is 2.33. The van der Waals surface area contributed by atoms with Crippen LogP contribution in [-0.2, 0) is 6.18 Å². The zero-order valence-corrected chi connectivity index (χ0v) is 10.7. The number of alkyl halides is 3. The van der Waals surface area contributed by atoms with E-state index < -0.39 is 17.6 Å². The molecule has 0 saturated carbocycles. The molecule has 20 heavy (non-hydrogen) atoms. The van der Waals surface area contributed by atoms with Crippen LogP contribution in [0.1, 0.15) is 5.56 Å². The summed E-state index contributed by atoms with van der Waals surface area (Å²) in [5.74, 6) is -0.589. The fourth-order valence-electron chi connectivity index (χ4n) is 1.59. The number of nitrogens with two attached hydrogens (primary N) is 1. The molecule has 0 fully saturated rings. The van der Waals surface area contributed by atoms with Gasteiger partial charge in [0, 0.05) is 5.02 Å². The van der Waals surface area contributed by atoms with Gasteiger partial charge >= 0.3 is 6.18 Å². The molecule has 3 N–H and O–H groups in total. The molecule has 2 rings (SSSR count). The third-order valence-electron chi connectivity index (χ3n) is 2.58. The lowest BCUT2D eigenvalue weighted by atomic mass is 10.1. The highest BCUT2D eigenvalue weighted by molar-refractivity contribution is 6.30. The predicted octanol–water partition coefficient (Wildman–Crippen LogP) is 4.82. The Kier molecular flexibility index (Phi) is 3.76. The second-order valence-electron chi connectivity index (χ2n) is 4.05. The zero-order valence-electron chi connectivity index (χ0n) is 9.93. The van der Waals surface area contributed by atoms with Crippen LogP contribution in [0.25, 0.3) is 0 Å². The first-order valence-electron chi connectivity index (χ1n) is 5.46. The van der Waals surface area contributed by atoms with Crippen LogP contribution in [0.2, 0.25) is 5.02 Å². The van der Waals surface area contributed by atoms with E-state index in [-0.39, 0.29) is 17.1 Å². The van der Waals surface area contributed by atoms with Crippen LogP contribution in [0.5, 0.6) is 0 Å². The summed E-state index contributed by atoms with van der Waals surface area (Å²) in [6.07, 6.45) is -4.48. The minimum absolute atomic E-state index is 0.0314. The molecule has 0 radical (unpaired) electrons. The fraction of sp³-hybridized carbons (Fsp3) is 0.0769. The second-order valence-corrected chi connectivity index (χ2v) is 4.49. The van der Waals surface area contributed by atoms with E-state index in [1.807, 2.05) is 0 Å². The Morgan fingerprint density at radius 1 is 1.00 bits per heavy atom. The molecule has 0 unspecified atom stereocenters. The molecule has 2 aromatic carbocycles. The maximum absolute atomic E-state index is 13.5. The van der Waals surface area contributed by atoms with Gasteiger partial charge in [0.05, 0.1) is 22.6 Å². The second kappa shape index (κ2) is 5.20. The third-order valence-corrected chi connectivity index (χ3v) is 2.81. The number of nitrogens with one attached hydrogen (secondary N) is 1. The van der Waals surface area contributed by atoms with Crippen LogP contribution in [0.3, 0.4) is 0 Å². The summed E-state index contributed by atoms with van der Waals surface area (Å²) in [6, 6.07) is 6.60. The van der Waals surface area contributed by atoms with Gasteiger partial charge in [-0.15, -0.1) is 0 Å². The van der Waals surface area contributed by atoms with Gasteiger partial charge in [0.1, 0.15) is 5.82 Å². The van der Waals surface area contributed by atoms with E-state index in [1.165, 1.54) is 12.1 Å².